The molecule has 2 heterocycles. The summed E-state index contributed by atoms with van der Waals surface area (Å²) in [5, 5.41) is 2.97. The van der Waals surface area contributed by atoms with Gasteiger partial charge in [0.05, 0.1) is 29.5 Å². The second kappa shape index (κ2) is 8.42. The number of nitrogens with zero attached hydrogens (tertiary/aromatic N) is 3. The molecule has 2 aromatic rings. The second-order valence-corrected chi connectivity index (χ2v) is 6.09. The molecule has 1 saturated heterocycles. The largest absolute Gasteiger partial charge is 0.450 e. The maximum Gasteiger partial charge on any atom is 0.409 e. The van der Waals surface area contributed by atoms with Crippen molar-refractivity contribution in [3.05, 3.63) is 42.2 Å². The van der Waals surface area contributed by atoms with Crippen molar-refractivity contribution in [2.75, 3.05) is 19.7 Å². The van der Waals surface area contributed by atoms with E-state index in [-0.39, 0.29) is 18.0 Å². The fourth-order valence-corrected chi connectivity index (χ4v) is 2.88. The Morgan fingerprint density at radius 3 is 2.73 bits per heavy atom. The van der Waals surface area contributed by atoms with Crippen LogP contribution in [0.5, 0.6) is 0 Å². The number of amides is 2. The molecule has 0 bridgehead atoms. The van der Waals surface area contributed by atoms with Crippen molar-refractivity contribution < 1.29 is 14.3 Å². The molecule has 136 valence electrons. The standard InChI is InChI=1S/C19H22N4O3/c1-2-26-19(25)23-11-9-14(10-12-23)22-18(24)8-7-15-13-20-16-5-3-4-6-17(16)21-15/h3-8,13-14H,2,9-12H2,1H3,(H,22,24)/b8-7+. The minimum Gasteiger partial charge on any atom is -0.450 e. The van der Waals surface area contributed by atoms with Gasteiger partial charge in [0.1, 0.15) is 0 Å². The molecule has 0 saturated carbocycles. The molecular formula is C19H22N4O3. The molecular weight excluding hydrogens is 332 g/mol. The van der Waals surface area contributed by atoms with Gasteiger partial charge in [0, 0.05) is 25.2 Å². The smallest absolute Gasteiger partial charge is 0.409 e. The zero-order valence-electron chi connectivity index (χ0n) is 14.7. The number of aromatic nitrogens is 2. The van der Waals surface area contributed by atoms with Crippen LogP contribution in [0.15, 0.2) is 36.5 Å². The SMILES string of the molecule is CCOC(=O)N1CCC(NC(=O)/C=C/c2cnc3ccccc3n2)CC1. The lowest BCUT2D eigenvalue weighted by Crippen LogP contribution is -2.46. The minimum atomic E-state index is -0.285. The molecule has 3 rings (SSSR count). The zero-order chi connectivity index (χ0) is 18.4. The van der Waals surface area contributed by atoms with Crippen LogP contribution in [-0.2, 0) is 9.53 Å². The number of nitrogens with one attached hydrogen (secondary N) is 1. The highest BCUT2D eigenvalue weighted by Gasteiger charge is 2.23. The van der Waals surface area contributed by atoms with Crippen LogP contribution in [0.25, 0.3) is 17.1 Å². The quantitative estimate of drug-likeness (QED) is 0.852. The van der Waals surface area contributed by atoms with E-state index in [9.17, 15) is 9.59 Å². The summed E-state index contributed by atoms with van der Waals surface area (Å²) in [6.07, 6.45) is 5.91. The highest BCUT2D eigenvalue weighted by atomic mass is 16.6. The lowest BCUT2D eigenvalue weighted by molar-refractivity contribution is -0.117. The molecule has 2 amide bonds. The van der Waals surface area contributed by atoms with Crippen molar-refractivity contribution in [3.63, 3.8) is 0 Å². The third-order valence-electron chi connectivity index (χ3n) is 4.24. The lowest BCUT2D eigenvalue weighted by atomic mass is 10.1. The van der Waals surface area contributed by atoms with E-state index in [1.54, 1.807) is 24.1 Å². The number of likely N-dealkylation sites (tertiary alicyclic amines) is 1. The summed E-state index contributed by atoms with van der Waals surface area (Å²) >= 11 is 0. The van der Waals surface area contributed by atoms with Gasteiger partial charge in [-0.05, 0) is 38.0 Å². The number of hydrogen-bond donors (Lipinski definition) is 1. The molecule has 0 atom stereocenters. The lowest BCUT2D eigenvalue weighted by Gasteiger charge is -2.31. The molecule has 7 nitrogen and oxygen atoms in total. The van der Waals surface area contributed by atoms with Crippen molar-refractivity contribution in [1.82, 2.24) is 20.2 Å². The highest BCUT2D eigenvalue weighted by Crippen LogP contribution is 2.12. The first-order valence-electron chi connectivity index (χ1n) is 8.78. The highest BCUT2D eigenvalue weighted by molar-refractivity contribution is 5.91. The first-order chi connectivity index (χ1) is 12.7. The van der Waals surface area contributed by atoms with E-state index >= 15 is 0 Å². The summed E-state index contributed by atoms with van der Waals surface area (Å²) in [7, 11) is 0. The van der Waals surface area contributed by atoms with Crippen molar-refractivity contribution in [2.24, 2.45) is 0 Å². The van der Waals surface area contributed by atoms with Gasteiger partial charge in [-0.2, -0.15) is 0 Å². The predicted octanol–water partition coefficient (Wildman–Crippen LogP) is 2.38. The van der Waals surface area contributed by atoms with Gasteiger partial charge in [-0.3, -0.25) is 9.78 Å². The number of piperidine rings is 1. The number of hydrogen-bond acceptors (Lipinski definition) is 5. The topological polar surface area (TPSA) is 84.4 Å². The van der Waals surface area contributed by atoms with E-state index in [0.29, 0.717) is 38.2 Å². The third kappa shape index (κ3) is 4.56. The summed E-state index contributed by atoms with van der Waals surface area (Å²) in [5.41, 5.74) is 2.25. The van der Waals surface area contributed by atoms with E-state index in [1.165, 1.54) is 6.08 Å². The molecule has 26 heavy (non-hydrogen) atoms. The Labute approximate surface area is 152 Å². The zero-order valence-corrected chi connectivity index (χ0v) is 14.7. The molecule has 1 N–H and O–H groups in total. The molecule has 7 heteroatoms. The summed E-state index contributed by atoms with van der Waals surface area (Å²) in [4.78, 5) is 34.2. The van der Waals surface area contributed by atoms with E-state index in [2.05, 4.69) is 15.3 Å². The molecule has 1 aliphatic heterocycles. The van der Waals surface area contributed by atoms with Gasteiger partial charge in [0.25, 0.3) is 0 Å². The van der Waals surface area contributed by atoms with Crippen LogP contribution in [0, 0.1) is 0 Å². The molecule has 0 aliphatic carbocycles. The summed E-state index contributed by atoms with van der Waals surface area (Å²) < 4.78 is 4.99. The van der Waals surface area contributed by atoms with E-state index in [1.807, 2.05) is 24.3 Å². The van der Waals surface area contributed by atoms with Crippen molar-refractivity contribution in [1.29, 1.82) is 0 Å². The fourth-order valence-electron chi connectivity index (χ4n) is 2.88. The van der Waals surface area contributed by atoms with Crippen molar-refractivity contribution in [2.45, 2.75) is 25.8 Å². The molecule has 0 spiro atoms. The molecule has 1 aromatic carbocycles. The molecule has 1 aliphatic rings. The average Bonchev–Trinajstić information content (AvgIpc) is 2.67. The Kier molecular flexibility index (Phi) is 5.78. The first kappa shape index (κ1) is 17.8. The molecule has 0 radical (unpaired) electrons. The normalized spacial score (nSPS) is 15.3. The second-order valence-electron chi connectivity index (χ2n) is 6.09. The number of fused-ring (bicyclic) bond motifs is 1. The summed E-state index contributed by atoms with van der Waals surface area (Å²) in [6, 6.07) is 7.65. The van der Waals surface area contributed by atoms with Crippen LogP contribution in [-0.4, -0.2) is 52.6 Å². The Morgan fingerprint density at radius 2 is 2.00 bits per heavy atom. The fraction of sp³-hybridized carbons (Fsp3) is 0.368. The number of benzene rings is 1. The maximum atomic E-state index is 12.1. The minimum absolute atomic E-state index is 0.0560. The average molecular weight is 354 g/mol. The molecule has 1 aromatic heterocycles. The van der Waals surface area contributed by atoms with Gasteiger partial charge < -0.3 is 15.0 Å². The van der Waals surface area contributed by atoms with Crippen molar-refractivity contribution in [3.8, 4) is 0 Å². The Balaban J connectivity index is 1.51. The molecule has 0 unspecified atom stereocenters. The number of ether oxygens (including phenoxy) is 1. The van der Waals surface area contributed by atoms with Gasteiger partial charge in [-0.1, -0.05) is 12.1 Å². The number of para-hydroxylation sites is 2. The van der Waals surface area contributed by atoms with Gasteiger partial charge in [-0.15, -0.1) is 0 Å². The number of carbonyl (C=O) groups is 2. The van der Waals surface area contributed by atoms with E-state index in [4.69, 9.17) is 4.74 Å². The van der Waals surface area contributed by atoms with Crippen LogP contribution in [0.3, 0.4) is 0 Å². The number of rotatable bonds is 4. The first-order valence-corrected chi connectivity index (χ1v) is 8.78. The van der Waals surface area contributed by atoms with Crippen LogP contribution < -0.4 is 5.32 Å². The Hall–Kier alpha value is -2.96. The van der Waals surface area contributed by atoms with Gasteiger partial charge in [0.15, 0.2) is 0 Å². The number of carbonyl (C=O) groups excluding carboxylic acids is 2. The van der Waals surface area contributed by atoms with E-state index < -0.39 is 0 Å². The third-order valence-corrected chi connectivity index (χ3v) is 4.24. The van der Waals surface area contributed by atoms with Crippen LogP contribution in [0.1, 0.15) is 25.5 Å². The van der Waals surface area contributed by atoms with Crippen LogP contribution >= 0.6 is 0 Å². The van der Waals surface area contributed by atoms with E-state index in [0.717, 1.165) is 11.0 Å². The summed E-state index contributed by atoms with van der Waals surface area (Å²) in [5.74, 6) is -0.172. The Morgan fingerprint density at radius 1 is 1.27 bits per heavy atom. The monoisotopic (exact) mass is 354 g/mol. The Bertz CT molecular complexity index is 813. The van der Waals surface area contributed by atoms with Crippen molar-refractivity contribution >= 4 is 29.1 Å². The van der Waals surface area contributed by atoms with Gasteiger partial charge in [-0.25, -0.2) is 9.78 Å². The van der Waals surface area contributed by atoms with Gasteiger partial charge in [0.2, 0.25) is 5.91 Å². The van der Waals surface area contributed by atoms with Gasteiger partial charge >= 0.3 is 6.09 Å². The van der Waals surface area contributed by atoms with Crippen LogP contribution in [0.4, 0.5) is 4.79 Å². The maximum absolute atomic E-state index is 12.1. The van der Waals surface area contributed by atoms with Crippen LogP contribution in [0.2, 0.25) is 0 Å². The molecule has 1 fully saturated rings. The predicted molar refractivity (Wildman–Crippen MR) is 98.3 cm³/mol. The summed E-state index contributed by atoms with van der Waals surface area (Å²) in [6.45, 7) is 3.34.